The van der Waals surface area contributed by atoms with E-state index in [2.05, 4.69) is 9.97 Å². The molecule has 0 fully saturated rings. The Morgan fingerprint density at radius 2 is 2.31 bits per heavy atom. The van der Waals surface area contributed by atoms with E-state index in [0.717, 1.165) is 5.39 Å². The molecule has 2 rings (SSSR count). The normalized spacial score (nSPS) is 10.2. The molecule has 0 radical (unpaired) electrons. The lowest BCUT2D eigenvalue weighted by molar-refractivity contribution is 0.416. The maximum Gasteiger partial charge on any atom is 0.168 e. The number of nitrogen functional groups attached to an aromatic ring is 1. The molecule has 2 heterocycles. The fourth-order valence-corrected chi connectivity index (χ4v) is 1.16. The summed E-state index contributed by atoms with van der Waals surface area (Å²) in [6, 6.07) is 5.58. The standard InChI is InChI=1S/C9H9N3O/c1-13-7-5-6-3-2-4-11-9(6)12-8(7)10/h2-5H,1H3,(H2,10,11,12). The number of hydrogen-bond donors (Lipinski definition) is 1. The Hall–Kier alpha value is -1.84. The molecule has 0 amide bonds. The molecule has 2 N–H and O–H groups in total. The first-order chi connectivity index (χ1) is 6.31. The third-order valence-corrected chi connectivity index (χ3v) is 1.80. The number of pyridine rings is 2. The van der Waals surface area contributed by atoms with Crippen molar-refractivity contribution in [3.05, 3.63) is 24.4 Å². The van der Waals surface area contributed by atoms with Crippen LogP contribution in [0.25, 0.3) is 11.0 Å². The molecule has 2 aromatic rings. The van der Waals surface area contributed by atoms with Crippen molar-refractivity contribution in [2.24, 2.45) is 0 Å². The second-order valence-electron chi connectivity index (χ2n) is 2.63. The minimum absolute atomic E-state index is 0.369. The zero-order valence-electron chi connectivity index (χ0n) is 7.19. The number of nitrogens with two attached hydrogens (primary N) is 1. The fourth-order valence-electron chi connectivity index (χ4n) is 1.16. The van der Waals surface area contributed by atoms with Gasteiger partial charge in [0.1, 0.15) is 0 Å². The van der Waals surface area contributed by atoms with E-state index in [-0.39, 0.29) is 0 Å². The van der Waals surface area contributed by atoms with Crippen LogP contribution in [0.15, 0.2) is 24.4 Å². The Balaban J connectivity index is 2.74. The van der Waals surface area contributed by atoms with Crippen LogP contribution in [0.4, 0.5) is 5.82 Å². The first-order valence-electron chi connectivity index (χ1n) is 3.86. The monoisotopic (exact) mass is 175 g/mol. The molecule has 0 aromatic carbocycles. The smallest absolute Gasteiger partial charge is 0.168 e. The maximum absolute atomic E-state index is 5.62. The Morgan fingerprint density at radius 1 is 1.46 bits per heavy atom. The van der Waals surface area contributed by atoms with E-state index in [9.17, 15) is 0 Å². The van der Waals surface area contributed by atoms with Crippen molar-refractivity contribution in [1.29, 1.82) is 0 Å². The van der Waals surface area contributed by atoms with Crippen LogP contribution in [-0.2, 0) is 0 Å². The van der Waals surface area contributed by atoms with Crippen LogP contribution in [0.1, 0.15) is 0 Å². The highest BCUT2D eigenvalue weighted by atomic mass is 16.5. The highest BCUT2D eigenvalue weighted by molar-refractivity contribution is 5.78. The molecule has 0 saturated carbocycles. The summed E-state index contributed by atoms with van der Waals surface area (Å²) < 4.78 is 5.04. The van der Waals surface area contributed by atoms with Crippen molar-refractivity contribution < 1.29 is 4.74 Å². The minimum Gasteiger partial charge on any atom is -0.493 e. The van der Waals surface area contributed by atoms with Gasteiger partial charge in [-0.3, -0.25) is 0 Å². The van der Waals surface area contributed by atoms with Gasteiger partial charge in [-0.2, -0.15) is 0 Å². The average molecular weight is 175 g/mol. The minimum atomic E-state index is 0.369. The number of rotatable bonds is 1. The van der Waals surface area contributed by atoms with E-state index < -0.39 is 0 Å². The molecule has 0 atom stereocenters. The number of anilines is 1. The number of methoxy groups -OCH3 is 1. The maximum atomic E-state index is 5.62. The van der Waals surface area contributed by atoms with Crippen molar-refractivity contribution >= 4 is 16.9 Å². The van der Waals surface area contributed by atoms with Gasteiger partial charge in [0.05, 0.1) is 7.11 Å². The lowest BCUT2D eigenvalue weighted by atomic mass is 10.3. The van der Waals surface area contributed by atoms with Gasteiger partial charge in [0.15, 0.2) is 17.2 Å². The molecule has 0 bridgehead atoms. The summed E-state index contributed by atoms with van der Waals surface area (Å²) in [5.41, 5.74) is 6.26. The average Bonchev–Trinajstić information content (AvgIpc) is 2.17. The summed E-state index contributed by atoms with van der Waals surface area (Å²) in [4.78, 5) is 8.16. The summed E-state index contributed by atoms with van der Waals surface area (Å²) in [5.74, 6) is 0.953. The second-order valence-corrected chi connectivity index (χ2v) is 2.63. The topological polar surface area (TPSA) is 61.0 Å². The molecule has 0 aliphatic carbocycles. The van der Waals surface area contributed by atoms with Crippen molar-refractivity contribution in [3.8, 4) is 5.75 Å². The molecule has 0 spiro atoms. The second kappa shape index (κ2) is 2.90. The Morgan fingerprint density at radius 3 is 3.08 bits per heavy atom. The van der Waals surface area contributed by atoms with Gasteiger partial charge in [-0.1, -0.05) is 0 Å². The third kappa shape index (κ3) is 1.26. The lowest BCUT2D eigenvalue weighted by Gasteiger charge is -2.03. The first-order valence-corrected chi connectivity index (χ1v) is 3.86. The zero-order chi connectivity index (χ0) is 9.26. The Kier molecular flexibility index (Phi) is 1.73. The van der Waals surface area contributed by atoms with Gasteiger partial charge in [0, 0.05) is 11.6 Å². The molecule has 4 heteroatoms. The van der Waals surface area contributed by atoms with Crippen molar-refractivity contribution in [2.75, 3.05) is 12.8 Å². The molecule has 0 unspecified atom stereocenters. The summed E-state index contributed by atoms with van der Waals surface area (Å²) in [7, 11) is 1.57. The molecule has 0 aliphatic heterocycles. The predicted molar refractivity (Wildman–Crippen MR) is 50.5 cm³/mol. The Labute approximate surface area is 75.4 Å². The van der Waals surface area contributed by atoms with Gasteiger partial charge in [0.2, 0.25) is 0 Å². The van der Waals surface area contributed by atoms with E-state index in [0.29, 0.717) is 17.2 Å². The van der Waals surface area contributed by atoms with E-state index in [1.165, 1.54) is 0 Å². The summed E-state index contributed by atoms with van der Waals surface area (Å²) in [6.45, 7) is 0. The van der Waals surface area contributed by atoms with Gasteiger partial charge in [-0.05, 0) is 18.2 Å². The molecular formula is C9H9N3O. The molecule has 2 aromatic heterocycles. The van der Waals surface area contributed by atoms with Crippen LogP contribution in [0.3, 0.4) is 0 Å². The van der Waals surface area contributed by atoms with E-state index in [4.69, 9.17) is 10.5 Å². The van der Waals surface area contributed by atoms with E-state index in [1.54, 1.807) is 13.3 Å². The van der Waals surface area contributed by atoms with Gasteiger partial charge in [-0.25, -0.2) is 9.97 Å². The zero-order valence-corrected chi connectivity index (χ0v) is 7.19. The SMILES string of the molecule is COc1cc2cccnc2nc1N. The number of fused-ring (bicyclic) bond motifs is 1. The van der Waals surface area contributed by atoms with Gasteiger partial charge >= 0.3 is 0 Å². The fraction of sp³-hybridized carbons (Fsp3) is 0.111. The largest absolute Gasteiger partial charge is 0.493 e. The number of hydrogen-bond acceptors (Lipinski definition) is 4. The van der Waals surface area contributed by atoms with Crippen molar-refractivity contribution in [1.82, 2.24) is 9.97 Å². The molecule has 66 valence electrons. The van der Waals surface area contributed by atoms with Crippen LogP contribution in [0.2, 0.25) is 0 Å². The molecule has 0 aliphatic rings. The van der Waals surface area contributed by atoms with Crippen LogP contribution in [0, 0.1) is 0 Å². The molecule has 0 saturated heterocycles. The van der Waals surface area contributed by atoms with E-state index in [1.807, 2.05) is 18.2 Å². The number of ether oxygens (including phenoxy) is 1. The highest BCUT2D eigenvalue weighted by Crippen LogP contribution is 2.22. The molecular weight excluding hydrogens is 166 g/mol. The third-order valence-electron chi connectivity index (χ3n) is 1.80. The molecule has 4 nitrogen and oxygen atoms in total. The lowest BCUT2D eigenvalue weighted by Crippen LogP contribution is -1.96. The van der Waals surface area contributed by atoms with Crippen molar-refractivity contribution in [2.45, 2.75) is 0 Å². The van der Waals surface area contributed by atoms with Crippen LogP contribution < -0.4 is 10.5 Å². The van der Waals surface area contributed by atoms with Gasteiger partial charge in [-0.15, -0.1) is 0 Å². The summed E-state index contributed by atoms with van der Waals surface area (Å²) in [5, 5.41) is 0.925. The Bertz CT molecular complexity index is 442. The number of nitrogens with zero attached hydrogens (tertiary/aromatic N) is 2. The van der Waals surface area contributed by atoms with Crippen LogP contribution in [-0.4, -0.2) is 17.1 Å². The van der Waals surface area contributed by atoms with Crippen LogP contribution >= 0.6 is 0 Å². The molecule has 13 heavy (non-hydrogen) atoms. The summed E-state index contributed by atoms with van der Waals surface area (Å²) >= 11 is 0. The quantitative estimate of drug-likeness (QED) is 0.707. The first kappa shape index (κ1) is 7.79. The van der Waals surface area contributed by atoms with Gasteiger partial charge in [0.25, 0.3) is 0 Å². The highest BCUT2D eigenvalue weighted by Gasteiger charge is 2.03. The number of aromatic nitrogens is 2. The van der Waals surface area contributed by atoms with Crippen LogP contribution in [0.5, 0.6) is 5.75 Å². The van der Waals surface area contributed by atoms with E-state index >= 15 is 0 Å². The van der Waals surface area contributed by atoms with Crippen molar-refractivity contribution in [3.63, 3.8) is 0 Å². The predicted octanol–water partition coefficient (Wildman–Crippen LogP) is 1.22. The summed E-state index contributed by atoms with van der Waals surface area (Å²) in [6.07, 6.45) is 1.68. The van der Waals surface area contributed by atoms with Gasteiger partial charge < -0.3 is 10.5 Å².